The Morgan fingerprint density at radius 2 is 1.90 bits per heavy atom. The number of hydrogen-bond donors (Lipinski definition) is 2. The van der Waals surface area contributed by atoms with Crippen LogP contribution in [0.3, 0.4) is 0 Å². The van der Waals surface area contributed by atoms with Crippen molar-refractivity contribution in [3.8, 4) is 0 Å². The van der Waals surface area contributed by atoms with Gasteiger partial charge in [0, 0.05) is 25.0 Å². The molecule has 1 aliphatic heterocycles. The fourth-order valence-electron chi connectivity index (χ4n) is 4.71. The van der Waals surface area contributed by atoms with E-state index in [-0.39, 0.29) is 18.8 Å². The molecule has 1 fully saturated rings. The van der Waals surface area contributed by atoms with Gasteiger partial charge in [0.25, 0.3) is 5.91 Å². The number of aromatic nitrogens is 2. The molecule has 8 nitrogen and oxygen atoms in total. The first-order valence-corrected chi connectivity index (χ1v) is 10.5. The summed E-state index contributed by atoms with van der Waals surface area (Å²) in [5, 5.41) is 10.4. The zero-order valence-electron chi connectivity index (χ0n) is 18.4. The first-order chi connectivity index (χ1) is 14.6. The molecule has 0 bridgehead atoms. The van der Waals surface area contributed by atoms with Gasteiger partial charge in [0.2, 0.25) is 5.91 Å². The van der Waals surface area contributed by atoms with Gasteiger partial charge >= 0.3 is 5.97 Å². The molecule has 2 amide bonds. The minimum Gasteiger partial charge on any atom is -0.479 e. The number of benzene rings is 1. The SMILES string of the molecule is CCc1ccc(C(=O)N2C(c3nccn3C)C(C(N)=O)CC2(CC(C)C)C(=O)O)cc1. The number of rotatable bonds is 7. The predicted octanol–water partition coefficient (Wildman–Crippen LogP) is 2.54. The van der Waals surface area contributed by atoms with E-state index in [1.807, 2.05) is 32.9 Å². The molecule has 0 saturated carbocycles. The number of aryl methyl sites for hydroxylation is 2. The van der Waals surface area contributed by atoms with Crippen LogP contribution in [0, 0.1) is 11.8 Å². The second kappa shape index (κ2) is 8.53. The highest BCUT2D eigenvalue weighted by Crippen LogP contribution is 2.50. The second-order valence-electron chi connectivity index (χ2n) is 8.71. The van der Waals surface area contributed by atoms with Crippen molar-refractivity contribution < 1.29 is 19.5 Å². The lowest BCUT2D eigenvalue weighted by Gasteiger charge is -2.39. The Labute approximate surface area is 182 Å². The lowest BCUT2D eigenvalue weighted by atomic mass is 9.83. The van der Waals surface area contributed by atoms with Crippen molar-refractivity contribution in [3.63, 3.8) is 0 Å². The summed E-state index contributed by atoms with van der Waals surface area (Å²) in [5.41, 5.74) is 5.60. The molecule has 2 aromatic rings. The number of carbonyl (C=O) groups excluding carboxylic acids is 2. The highest BCUT2D eigenvalue weighted by atomic mass is 16.4. The molecule has 0 spiro atoms. The number of imidazole rings is 1. The van der Waals surface area contributed by atoms with Crippen molar-refractivity contribution in [3.05, 3.63) is 53.6 Å². The van der Waals surface area contributed by atoms with Crippen molar-refractivity contribution in [1.29, 1.82) is 0 Å². The maximum absolute atomic E-state index is 13.8. The third-order valence-corrected chi connectivity index (χ3v) is 6.14. The average molecular weight is 427 g/mol. The fraction of sp³-hybridized carbons (Fsp3) is 0.478. The molecule has 3 rings (SSSR count). The summed E-state index contributed by atoms with van der Waals surface area (Å²) in [4.78, 5) is 44.7. The fourth-order valence-corrected chi connectivity index (χ4v) is 4.71. The van der Waals surface area contributed by atoms with Crippen molar-refractivity contribution >= 4 is 17.8 Å². The zero-order chi connectivity index (χ0) is 22.9. The van der Waals surface area contributed by atoms with E-state index in [4.69, 9.17) is 5.73 Å². The first-order valence-electron chi connectivity index (χ1n) is 10.5. The first kappa shape index (κ1) is 22.5. The highest BCUT2D eigenvalue weighted by molar-refractivity contribution is 6.00. The quantitative estimate of drug-likeness (QED) is 0.705. The van der Waals surface area contributed by atoms with E-state index >= 15 is 0 Å². The maximum Gasteiger partial charge on any atom is 0.329 e. The molecule has 1 aromatic heterocycles. The molecule has 0 radical (unpaired) electrons. The van der Waals surface area contributed by atoms with Crippen molar-refractivity contribution in [2.45, 2.75) is 51.6 Å². The monoisotopic (exact) mass is 426 g/mol. The van der Waals surface area contributed by atoms with Crippen LogP contribution in [0.2, 0.25) is 0 Å². The molecule has 31 heavy (non-hydrogen) atoms. The number of nitrogens with zero attached hydrogens (tertiary/aromatic N) is 3. The standard InChI is InChI=1S/C23H30N4O4/c1-5-15-6-8-16(9-7-15)21(29)27-18(20-25-10-11-26(20)4)17(19(24)28)13-23(27,22(30)31)12-14(2)3/h6-11,14,17-18H,5,12-13H2,1-4H3,(H2,24,28)(H,30,31). The van der Waals surface area contributed by atoms with Crippen molar-refractivity contribution in [1.82, 2.24) is 14.5 Å². The number of likely N-dealkylation sites (tertiary alicyclic amines) is 1. The Hall–Kier alpha value is -3.16. The van der Waals surface area contributed by atoms with Crippen LogP contribution in [0.4, 0.5) is 0 Å². The van der Waals surface area contributed by atoms with E-state index in [1.165, 1.54) is 4.90 Å². The molecule has 8 heteroatoms. The molecule has 166 valence electrons. The second-order valence-corrected chi connectivity index (χ2v) is 8.71. The van der Waals surface area contributed by atoms with Crippen LogP contribution >= 0.6 is 0 Å². The third kappa shape index (κ3) is 3.94. The Kier molecular flexibility index (Phi) is 6.20. The maximum atomic E-state index is 13.8. The smallest absolute Gasteiger partial charge is 0.329 e. The normalized spacial score (nSPS) is 23.3. The molecule has 1 saturated heterocycles. The number of nitrogens with two attached hydrogens (primary N) is 1. The van der Waals surface area contributed by atoms with Gasteiger partial charge in [0.15, 0.2) is 0 Å². The van der Waals surface area contributed by atoms with Gasteiger partial charge in [-0.2, -0.15) is 0 Å². The minimum absolute atomic E-state index is 0.0254. The van der Waals surface area contributed by atoms with E-state index in [0.717, 1.165) is 12.0 Å². The van der Waals surface area contributed by atoms with Crippen LogP contribution in [0.25, 0.3) is 0 Å². The van der Waals surface area contributed by atoms with Crippen LogP contribution in [-0.4, -0.2) is 42.9 Å². The number of hydrogen-bond acceptors (Lipinski definition) is 4. The molecule has 3 unspecified atom stereocenters. The van der Waals surface area contributed by atoms with E-state index in [0.29, 0.717) is 11.4 Å². The van der Waals surface area contributed by atoms with E-state index in [2.05, 4.69) is 4.98 Å². The van der Waals surface area contributed by atoms with Gasteiger partial charge in [-0.05, 0) is 42.9 Å². The Morgan fingerprint density at radius 1 is 1.26 bits per heavy atom. The zero-order valence-corrected chi connectivity index (χ0v) is 18.4. The number of carbonyl (C=O) groups is 3. The van der Waals surface area contributed by atoms with Gasteiger partial charge in [0.1, 0.15) is 17.4 Å². The summed E-state index contributed by atoms with van der Waals surface area (Å²) in [6, 6.07) is 6.25. The summed E-state index contributed by atoms with van der Waals surface area (Å²) in [7, 11) is 1.75. The molecule has 3 N–H and O–H groups in total. The Morgan fingerprint density at radius 3 is 2.35 bits per heavy atom. The van der Waals surface area contributed by atoms with E-state index in [1.54, 1.807) is 36.1 Å². The molecule has 2 heterocycles. The van der Waals surface area contributed by atoms with Crippen LogP contribution < -0.4 is 5.73 Å². The van der Waals surface area contributed by atoms with Crippen LogP contribution in [0.1, 0.15) is 61.4 Å². The largest absolute Gasteiger partial charge is 0.479 e. The third-order valence-electron chi connectivity index (χ3n) is 6.14. The molecule has 0 aliphatic carbocycles. The minimum atomic E-state index is -1.56. The Balaban J connectivity index is 2.22. The molecule has 1 aliphatic rings. The summed E-state index contributed by atoms with van der Waals surface area (Å²) in [6.07, 6.45) is 4.24. The summed E-state index contributed by atoms with van der Waals surface area (Å²) >= 11 is 0. The number of carboxylic acid groups (broad SMARTS) is 1. The van der Waals surface area contributed by atoms with Crippen molar-refractivity contribution in [2.75, 3.05) is 0 Å². The van der Waals surface area contributed by atoms with Crippen LogP contribution in [-0.2, 0) is 23.1 Å². The van der Waals surface area contributed by atoms with Crippen LogP contribution in [0.5, 0.6) is 0 Å². The summed E-state index contributed by atoms with van der Waals surface area (Å²) in [5.74, 6) is -2.67. The van der Waals surface area contributed by atoms with Gasteiger partial charge in [-0.25, -0.2) is 9.78 Å². The number of carboxylic acids is 1. The van der Waals surface area contributed by atoms with Gasteiger partial charge in [-0.3, -0.25) is 9.59 Å². The lowest BCUT2D eigenvalue weighted by Crippen LogP contribution is -2.54. The molecule has 3 atom stereocenters. The number of amides is 2. The predicted molar refractivity (Wildman–Crippen MR) is 115 cm³/mol. The van der Waals surface area contributed by atoms with Crippen LogP contribution in [0.15, 0.2) is 36.7 Å². The Bertz CT molecular complexity index is 982. The molecule has 1 aromatic carbocycles. The molecular weight excluding hydrogens is 396 g/mol. The van der Waals surface area contributed by atoms with Gasteiger partial charge in [-0.15, -0.1) is 0 Å². The lowest BCUT2D eigenvalue weighted by molar-refractivity contribution is -0.150. The van der Waals surface area contributed by atoms with Gasteiger partial charge in [-0.1, -0.05) is 32.9 Å². The van der Waals surface area contributed by atoms with E-state index < -0.39 is 35.3 Å². The summed E-state index contributed by atoms with van der Waals surface area (Å²) in [6.45, 7) is 5.82. The van der Waals surface area contributed by atoms with Gasteiger partial charge < -0.3 is 20.3 Å². The number of primary amides is 1. The average Bonchev–Trinajstić information content (AvgIpc) is 3.28. The highest BCUT2D eigenvalue weighted by Gasteiger charge is 2.61. The van der Waals surface area contributed by atoms with Gasteiger partial charge in [0.05, 0.1) is 5.92 Å². The molecular formula is C23H30N4O4. The van der Waals surface area contributed by atoms with E-state index in [9.17, 15) is 19.5 Å². The van der Waals surface area contributed by atoms with Crippen molar-refractivity contribution in [2.24, 2.45) is 24.6 Å². The summed E-state index contributed by atoms with van der Waals surface area (Å²) < 4.78 is 1.70. The topological polar surface area (TPSA) is 119 Å². The number of aliphatic carboxylic acids is 1.